The van der Waals surface area contributed by atoms with Crippen molar-refractivity contribution in [2.45, 2.75) is 26.2 Å². The summed E-state index contributed by atoms with van der Waals surface area (Å²) in [7, 11) is 0. The van der Waals surface area contributed by atoms with Gasteiger partial charge >= 0.3 is 12.1 Å². The number of imide groups is 1. The second-order valence-corrected chi connectivity index (χ2v) is 10.4. The lowest BCUT2D eigenvalue weighted by Crippen LogP contribution is -2.31. The van der Waals surface area contributed by atoms with Crippen LogP contribution in [0, 0.1) is 0 Å². The van der Waals surface area contributed by atoms with Crippen LogP contribution in [0.4, 0.5) is 21.1 Å². The molecule has 0 spiro atoms. The lowest BCUT2D eigenvalue weighted by atomic mass is 9.92. The molecule has 1 aliphatic heterocycles. The van der Waals surface area contributed by atoms with Crippen LogP contribution in [0.3, 0.4) is 0 Å². The van der Waals surface area contributed by atoms with E-state index in [1.807, 2.05) is 57.2 Å². The van der Waals surface area contributed by atoms with Crippen molar-refractivity contribution in [3.63, 3.8) is 0 Å². The van der Waals surface area contributed by atoms with Gasteiger partial charge in [-0.2, -0.15) is 5.10 Å². The highest BCUT2D eigenvalue weighted by molar-refractivity contribution is 6.30. The van der Waals surface area contributed by atoms with Crippen molar-refractivity contribution in [3.8, 4) is 5.69 Å². The Morgan fingerprint density at radius 1 is 0.900 bits per heavy atom. The Hall–Kier alpha value is -4.63. The molecule has 2 N–H and O–H groups in total. The SMILES string of the molecule is CC(C)(C)c1cc(NC(=O)Nc2ccc(Cl)cc2)n(-c2cccc(C(=O)N3CCOC3=O)c2)n1.c1ccccc1. The van der Waals surface area contributed by atoms with E-state index < -0.39 is 18.0 Å². The number of ether oxygens (including phenoxy) is 1. The van der Waals surface area contributed by atoms with E-state index in [0.717, 1.165) is 10.6 Å². The molecule has 1 aliphatic rings. The maximum Gasteiger partial charge on any atom is 0.416 e. The summed E-state index contributed by atoms with van der Waals surface area (Å²) in [6, 6.07) is 26.8. The van der Waals surface area contributed by atoms with Crippen molar-refractivity contribution < 1.29 is 19.1 Å². The summed E-state index contributed by atoms with van der Waals surface area (Å²) < 4.78 is 6.43. The van der Waals surface area contributed by atoms with Crippen LogP contribution in [0.1, 0.15) is 36.8 Å². The molecule has 9 nitrogen and oxygen atoms in total. The van der Waals surface area contributed by atoms with Gasteiger partial charge in [0.1, 0.15) is 12.4 Å². The summed E-state index contributed by atoms with van der Waals surface area (Å²) in [5, 5.41) is 10.8. The van der Waals surface area contributed by atoms with E-state index in [1.54, 1.807) is 59.3 Å². The maximum absolute atomic E-state index is 12.8. The van der Waals surface area contributed by atoms with E-state index in [4.69, 9.17) is 16.3 Å². The molecule has 40 heavy (non-hydrogen) atoms. The molecule has 1 aromatic heterocycles. The molecule has 0 radical (unpaired) electrons. The average Bonchev–Trinajstić information content (AvgIpc) is 3.57. The molecule has 10 heteroatoms. The Bertz CT molecular complexity index is 1450. The Labute approximate surface area is 237 Å². The molecule has 0 atom stereocenters. The Morgan fingerprint density at radius 3 is 2.12 bits per heavy atom. The minimum atomic E-state index is -0.661. The average molecular weight is 560 g/mol. The lowest BCUT2D eigenvalue weighted by Gasteiger charge is -2.14. The molecule has 0 aliphatic carbocycles. The Balaban J connectivity index is 0.000000546. The zero-order chi connectivity index (χ0) is 28.7. The van der Waals surface area contributed by atoms with Gasteiger partial charge < -0.3 is 10.1 Å². The third-order valence-electron chi connectivity index (χ3n) is 5.83. The molecule has 5 rings (SSSR count). The first-order valence-electron chi connectivity index (χ1n) is 12.6. The number of urea groups is 1. The highest BCUT2D eigenvalue weighted by atomic mass is 35.5. The maximum atomic E-state index is 12.8. The first-order chi connectivity index (χ1) is 19.1. The minimum Gasteiger partial charge on any atom is -0.447 e. The summed E-state index contributed by atoms with van der Waals surface area (Å²) in [5.74, 6) is -0.0379. The number of amides is 4. The first-order valence-corrected chi connectivity index (χ1v) is 13.0. The third kappa shape index (κ3) is 7.27. The summed E-state index contributed by atoms with van der Waals surface area (Å²) >= 11 is 5.90. The van der Waals surface area contributed by atoms with Gasteiger partial charge in [-0.1, -0.05) is 74.8 Å². The molecule has 0 saturated carbocycles. The van der Waals surface area contributed by atoms with Crippen molar-refractivity contribution in [2.24, 2.45) is 0 Å². The number of anilines is 2. The molecule has 0 bridgehead atoms. The topological polar surface area (TPSA) is 106 Å². The van der Waals surface area contributed by atoms with E-state index in [1.165, 1.54) is 0 Å². The standard InChI is InChI=1S/C24H24ClN5O4.C6H6/c1-24(2,3)19-14-20(27-22(32)26-17-9-7-16(25)8-10-17)30(28-19)18-6-4-5-15(13-18)21(31)29-11-12-34-23(29)33;1-2-4-6-5-3-1/h4-10,13-14H,11-12H2,1-3H3,(H2,26,27,32);1-6H. The predicted molar refractivity (Wildman–Crippen MR) is 155 cm³/mol. The van der Waals surface area contributed by atoms with Crippen molar-refractivity contribution >= 4 is 41.1 Å². The fourth-order valence-electron chi connectivity index (χ4n) is 3.73. The quantitative estimate of drug-likeness (QED) is 0.288. The Morgan fingerprint density at radius 2 is 1.55 bits per heavy atom. The van der Waals surface area contributed by atoms with E-state index in [0.29, 0.717) is 27.8 Å². The van der Waals surface area contributed by atoms with Crippen LogP contribution in [0.25, 0.3) is 5.69 Å². The van der Waals surface area contributed by atoms with Gasteiger partial charge in [0, 0.05) is 27.8 Å². The van der Waals surface area contributed by atoms with Gasteiger partial charge in [-0.05, 0) is 42.5 Å². The van der Waals surface area contributed by atoms with Crippen LogP contribution >= 0.6 is 11.6 Å². The van der Waals surface area contributed by atoms with Crippen molar-refractivity contribution in [2.75, 3.05) is 23.8 Å². The van der Waals surface area contributed by atoms with E-state index in [-0.39, 0.29) is 18.6 Å². The summed E-state index contributed by atoms with van der Waals surface area (Å²) in [4.78, 5) is 38.3. The molecule has 1 saturated heterocycles. The molecule has 1 fully saturated rings. The number of rotatable bonds is 4. The van der Waals surface area contributed by atoms with E-state index in [2.05, 4.69) is 15.7 Å². The molecule has 2 heterocycles. The van der Waals surface area contributed by atoms with Crippen LogP contribution in [-0.2, 0) is 10.2 Å². The number of hydrogen-bond donors (Lipinski definition) is 2. The second-order valence-electron chi connectivity index (χ2n) is 9.94. The molecule has 4 amide bonds. The van der Waals surface area contributed by atoms with Gasteiger partial charge in [0.25, 0.3) is 5.91 Å². The van der Waals surface area contributed by atoms with Gasteiger partial charge in [0.05, 0.1) is 17.9 Å². The van der Waals surface area contributed by atoms with E-state index in [9.17, 15) is 14.4 Å². The fraction of sp³-hybridized carbons (Fsp3) is 0.200. The van der Waals surface area contributed by atoms with Gasteiger partial charge in [-0.3, -0.25) is 10.1 Å². The molecular weight excluding hydrogens is 530 g/mol. The number of cyclic esters (lactones) is 1. The number of nitrogens with one attached hydrogen (secondary N) is 2. The zero-order valence-corrected chi connectivity index (χ0v) is 23.2. The van der Waals surface area contributed by atoms with Crippen LogP contribution < -0.4 is 10.6 Å². The number of hydrogen-bond acceptors (Lipinski definition) is 5. The van der Waals surface area contributed by atoms with Crippen LogP contribution in [0.15, 0.2) is 91.0 Å². The van der Waals surface area contributed by atoms with Crippen LogP contribution in [-0.4, -0.2) is 45.9 Å². The molecule has 0 unspecified atom stereocenters. The zero-order valence-electron chi connectivity index (χ0n) is 22.4. The molecule has 4 aromatic rings. The lowest BCUT2D eigenvalue weighted by molar-refractivity contribution is 0.0809. The molecule has 206 valence electrons. The fourth-order valence-corrected chi connectivity index (χ4v) is 3.86. The van der Waals surface area contributed by atoms with Crippen LogP contribution in [0.5, 0.6) is 0 Å². The number of nitrogens with zero attached hydrogens (tertiary/aromatic N) is 3. The highest BCUT2D eigenvalue weighted by Crippen LogP contribution is 2.27. The van der Waals surface area contributed by atoms with Crippen molar-refractivity contribution in [3.05, 3.63) is 107 Å². The third-order valence-corrected chi connectivity index (χ3v) is 6.08. The van der Waals surface area contributed by atoms with E-state index >= 15 is 0 Å². The number of halogens is 1. The van der Waals surface area contributed by atoms with Gasteiger partial charge in [0.15, 0.2) is 0 Å². The van der Waals surface area contributed by atoms with Crippen molar-refractivity contribution in [1.29, 1.82) is 0 Å². The molecular formula is C30H30ClN5O4. The first kappa shape index (κ1) is 28.4. The van der Waals surface area contributed by atoms with Gasteiger partial charge in [-0.15, -0.1) is 0 Å². The predicted octanol–water partition coefficient (Wildman–Crippen LogP) is 6.75. The Kier molecular flexibility index (Phi) is 8.86. The number of aromatic nitrogens is 2. The number of benzene rings is 3. The number of carbonyl (C=O) groups excluding carboxylic acids is 3. The normalized spacial score (nSPS) is 12.7. The second kappa shape index (κ2) is 12.5. The smallest absolute Gasteiger partial charge is 0.416 e. The number of carbonyl (C=O) groups is 3. The summed E-state index contributed by atoms with van der Waals surface area (Å²) in [5.41, 5.74) is 1.89. The summed E-state index contributed by atoms with van der Waals surface area (Å²) in [6.07, 6.45) is -0.661. The van der Waals surface area contributed by atoms with Crippen LogP contribution in [0.2, 0.25) is 5.02 Å². The van der Waals surface area contributed by atoms with Gasteiger partial charge in [0.2, 0.25) is 0 Å². The molecule has 3 aromatic carbocycles. The van der Waals surface area contributed by atoms with Gasteiger partial charge in [-0.25, -0.2) is 19.2 Å². The monoisotopic (exact) mass is 559 g/mol. The van der Waals surface area contributed by atoms with Crippen molar-refractivity contribution in [1.82, 2.24) is 14.7 Å². The largest absolute Gasteiger partial charge is 0.447 e. The minimum absolute atomic E-state index is 0.176. The highest BCUT2D eigenvalue weighted by Gasteiger charge is 2.29. The summed E-state index contributed by atoms with van der Waals surface area (Å²) in [6.45, 7) is 6.41.